The summed E-state index contributed by atoms with van der Waals surface area (Å²) in [4.78, 5) is 13.9. The number of rotatable bonds is 7. The van der Waals surface area contributed by atoms with E-state index in [1.807, 2.05) is 37.3 Å². The van der Waals surface area contributed by atoms with Crippen LogP contribution >= 0.6 is 0 Å². The van der Waals surface area contributed by atoms with Crippen molar-refractivity contribution in [3.8, 4) is 11.5 Å². The van der Waals surface area contributed by atoms with Crippen molar-refractivity contribution in [2.24, 2.45) is 5.92 Å². The Morgan fingerprint density at radius 1 is 1.18 bits per heavy atom. The molecule has 4 nitrogen and oxygen atoms in total. The average molecular weight is 458 g/mol. The van der Waals surface area contributed by atoms with E-state index in [0.29, 0.717) is 23.1 Å². The molecule has 2 N–H and O–H groups in total. The number of aromatic hydroxyl groups is 2. The van der Waals surface area contributed by atoms with Crippen molar-refractivity contribution in [3.05, 3.63) is 83.1 Å². The molecule has 1 aliphatic rings. The van der Waals surface area contributed by atoms with Crippen LogP contribution in [0.25, 0.3) is 10.9 Å². The lowest BCUT2D eigenvalue weighted by Crippen LogP contribution is -2.19. The minimum atomic E-state index is -0.269. The van der Waals surface area contributed by atoms with E-state index in [0.717, 1.165) is 48.6 Å². The van der Waals surface area contributed by atoms with Gasteiger partial charge in [-0.25, -0.2) is 0 Å². The maximum Gasteiger partial charge on any atom is 0.266 e. The number of hydrogen-bond acceptors (Lipinski definition) is 3. The number of aryl methyl sites for hydroxylation is 1. The maximum absolute atomic E-state index is 13.9. The lowest BCUT2D eigenvalue weighted by atomic mass is 9.73. The minimum Gasteiger partial charge on any atom is -0.507 e. The van der Waals surface area contributed by atoms with Crippen LogP contribution in [-0.4, -0.2) is 20.7 Å². The maximum atomic E-state index is 13.9. The molecule has 0 aliphatic heterocycles. The summed E-state index contributed by atoms with van der Waals surface area (Å²) in [5.74, 6) is -0.433. The molecule has 0 amide bonds. The molecule has 4 heteroatoms. The van der Waals surface area contributed by atoms with Crippen molar-refractivity contribution >= 4 is 16.8 Å². The predicted octanol–water partition coefficient (Wildman–Crippen LogP) is 7.49. The molecule has 1 aromatic heterocycles. The van der Waals surface area contributed by atoms with Crippen LogP contribution < -0.4 is 0 Å². The number of fused-ring (bicyclic) bond motifs is 1. The minimum absolute atomic E-state index is 0.0557. The van der Waals surface area contributed by atoms with Gasteiger partial charge >= 0.3 is 0 Å². The molecule has 0 radical (unpaired) electrons. The Morgan fingerprint density at radius 3 is 2.68 bits per heavy atom. The fourth-order valence-electron chi connectivity index (χ4n) is 5.34. The van der Waals surface area contributed by atoms with Crippen LogP contribution in [0.2, 0.25) is 0 Å². The second-order valence-corrected chi connectivity index (χ2v) is 9.73. The number of aromatic nitrogens is 1. The molecule has 2 aromatic carbocycles. The third-order valence-electron chi connectivity index (χ3n) is 7.20. The smallest absolute Gasteiger partial charge is 0.266 e. The fourth-order valence-corrected chi connectivity index (χ4v) is 5.34. The highest BCUT2D eigenvalue weighted by Crippen LogP contribution is 2.48. The summed E-state index contributed by atoms with van der Waals surface area (Å²) in [7, 11) is 0. The third-order valence-corrected chi connectivity index (χ3v) is 7.20. The predicted molar refractivity (Wildman–Crippen MR) is 139 cm³/mol. The zero-order valence-electron chi connectivity index (χ0n) is 20.5. The van der Waals surface area contributed by atoms with Crippen LogP contribution in [0.15, 0.2) is 66.4 Å². The van der Waals surface area contributed by atoms with E-state index in [1.165, 1.54) is 5.57 Å². The standard InChI is InChI=1S/C30H35NO3/c1-5-6-7-11-22-18-26(32)28(24-17-20(4)13-14-23(24)19(2)3)29(33)27(22)30(34)31-16-15-21-10-8-9-12-25(21)31/h8-10,12,15-18,23-24,32-33H,2,5-7,11,13-14H2,1,3-4H3. The Labute approximate surface area is 202 Å². The number of phenols is 2. The molecule has 0 saturated carbocycles. The topological polar surface area (TPSA) is 62.5 Å². The van der Waals surface area contributed by atoms with Crippen molar-refractivity contribution in [2.75, 3.05) is 0 Å². The number of para-hydroxylation sites is 1. The van der Waals surface area contributed by atoms with Gasteiger partial charge in [-0.15, -0.1) is 0 Å². The number of benzene rings is 2. The highest BCUT2D eigenvalue weighted by molar-refractivity contribution is 6.05. The summed E-state index contributed by atoms with van der Waals surface area (Å²) < 4.78 is 1.60. The Bertz CT molecular complexity index is 1260. The lowest BCUT2D eigenvalue weighted by Gasteiger charge is -2.32. The van der Waals surface area contributed by atoms with Gasteiger partial charge in [0, 0.05) is 23.1 Å². The van der Waals surface area contributed by atoms with Gasteiger partial charge in [0.05, 0.1) is 11.1 Å². The average Bonchev–Trinajstić information content (AvgIpc) is 3.23. The summed E-state index contributed by atoms with van der Waals surface area (Å²) in [6.07, 6.45) is 9.33. The third kappa shape index (κ3) is 4.42. The van der Waals surface area contributed by atoms with Crippen LogP contribution in [0.1, 0.15) is 80.3 Å². The van der Waals surface area contributed by atoms with Gasteiger partial charge in [0.25, 0.3) is 5.91 Å². The van der Waals surface area contributed by atoms with Gasteiger partial charge in [0.2, 0.25) is 0 Å². The highest BCUT2D eigenvalue weighted by Gasteiger charge is 2.33. The lowest BCUT2D eigenvalue weighted by molar-refractivity contribution is 0.0961. The monoisotopic (exact) mass is 457 g/mol. The number of carbonyl (C=O) groups excluding carboxylic acids is 1. The molecule has 4 rings (SSSR count). The van der Waals surface area contributed by atoms with E-state index < -0.39 is 0 Å². The van der Waals surface area contributed by atoms with Crippen LogP contribution in [0.5, 0.6) is 11.5 Å². The first-order chi connectivity index (χ1) is 16.3. The second-order valence-electron chi connectivity index (χ2n) is 9.73. The molecule has 0 spiro atoms. The van der Waals surface area contributed by atoms with Crippen LogP contribution in [0.4, 0.5) is 0 Å². The van der Waals surface area contributed by atoms with Gasteiger partial charge in [-0.2, -0.15) is 0 Å². The van der Waals surface area contributed by atoms with Crippen LogP contribution in [-0.2, 0) is 6.42 Å². The largest absolute Gasteiger partial charge is 0.507 e. The van der Waals surface area contributed by atoms with Gasteiger partial charge in [0.15, 0.2) is 0 Å². The zero-order chi connectivity index (χ0) is 24.4. The van der Waals surface area contributed by atoms with Crippen LogP contribution in [0, 0.1) is 5.92 Å². The summed E-state index contributed by atoms with van der Waals surface area (Å²) in [6, 6.07) is 11.3. The van der Waals surface area contributed by atoms with E-state index in [-0.39, 0.29) is 29.2 Å². The molecule has 178 valence electrons. The van der Waals surface area contributed by atoms with Crippen molar-refractivity contribution < 1.29 is 15.0 Å². The number of allylic oxidation sites excluding steroid dienone is 3. The van der Waals surface area contributed by atoms with E-state index in [2.05, 4.69) is 26.5 Å². The molecule has 0 fully saturated rings. The number of carbonyl (C=O) groups is 1. The van der Waals surface area contributed by atoms with Crippen molar-refractivity contribution in [2.45, 2.75) is 65.2 Å². The quantitative estimate of drug-likeness (QED) is 0.285. The van der Waals surface area contributed by atoms with Gasteiger partial charge < -0.3 is 10.2 Å². The summed E-state index contributed by atoms with van der Waals surface area (Å²) in [6.45, 7) is 10.4. The highest BCUT2D eigenvalue weighted by atomic mass is 16.3. The normalized spacial score (nSPS) is 18.1. The fraction of sp³-hybridized carbons (Fsp3) is 0.367. The second kappa shape index (κ2) is 9.92. The number of unbranched alkanes of at least 4 members (excludes halogenated alkanes) is 2. The van der Waals surface area contributed by atoms with Gasteiger partial charge in [-0.1, -0.05) is 61.8 Å². The zero-order valence-corrected chi connectivity index (χ0v) is 20.5. The summed E-state index contributed by atoms with van der Waals surface area (Å²) >= 11 is 0. The molecule has 0 saturated heterocycles. The van der Waals surface area contributed by atoms with Crippen molar-refractivity contribution in [1.29, 1.82) is 0 Å². The molecule has 0 bridgehead atoms. The first-order valence-electron chi connectivity index (χ1n) is 12.3. The van der Waals surface area contributed by atoms with E-state index in [9.17, 15) is 15.0 Å². The number of hydrogen-bond donors (Lipinski definition) is 2. The Hall–Kier alpha value is -3.27. The molecule has 1 aliphatic carbocycles. The SMILES string of the molecule is C=C(C)C1CCC(C)=CC1c1c(O)cc(CCCCC)c(C(=O)n2ccc3ccccc32)c1O. The summed E-state index contributed by atoms with van der Waals surface area (Å²) in [5, 5.41) is 23.7. The van der Waals surface area contributed by atoms with E-state index >= 15 is 0 Å². The summed E-state index contributed by atoms with van der Waals surface area (Å²) in [5.41, 5.74) is 4.46. The number of nitrogens with zero attached hydrogens (tertiary/aromatic N) is 1. The molecule has 2 atom stereocenters. The first kappa shape index (κ1) is 23.9. The Balaban J connectivity index is 1.90. The molecule has 1 heterocycles. The first-order valence-corrected chi connectivity index (χ1v) is 12.3. The number of phenolic OH excluding ortho intramolecular Hbond substituents is 2. The van der Waals surface area contributed by atoms with Crippen LogP contribution in [0.3, 0.4) is 0 Å². The van der Waals surface area contributed by atoms with E-state index in [4.69, 9.17) is 0 Å². The van der Waals surface area contributed by atoms with Gasteiger partial charge in [0.1, 0.15) is 11.5 Å². The molecular formula is C30H35NO3. The Morgan fingerprint density at radius 2 is 1.94 bits per heavy atom. The molecule has 2 unspecified atom stereocenters. The molecule has 3 aromatic rings. The van der Waals surface area contributed by atoms with Gasteiger partial charge in [-0.3, -0.25) is 9.36 Å². The van der Waals surface area contributed by atoms with Crippen molar-refractivity contribution in [1.82, 2.24) is 4.57 Å². The Kier molecular flexibility index (Phi) is 6.97. The van der Waals surface area contributed by atoms with Gasteiger partial charge in [-0.05, 0) is 69.2 Å². The molecule has 34 heavy (non-hydrogen) atoms. The molecular weight excluding hydrogens is 422 g/mol. The van der Waals surface area contributed by atoms with E-state index in [1.54, 1.807) is 16.8 Å². The van der Waals surface area contributed by atoms with Crippen molar-refractivity contribution in [3.63, 3.8) is 0 Å².